The molecule has 0 fully saturated rings. The van der Waals surface area contributed by atoms with Gasteiger partial charge in [0, 0.05) is 35.2 Å². The van der Waals surface area contributed by atoms with Crippen molar-refractivity contribution in [2.75, 3.05) is 18.4 Å². The monoisotopic (exact) mass is 429 g/mol. The highest BCUT2D eigenvalue weighted by atomic mass is 32.2. The molecule has 0 aromatic heterocycles. The van der Waals surface area contributed by atoms with E-state index in [0.29, 0.717) is 11.3 Å². The Balaban J connectivity index is 1.79. The largest absolute Gasteiger partial charge is 0.351 e. The number of benzene rings is 2. The summed E-state index contributed by atoms with van der Waals surface area (Å²) in [6.45, 7) is 5.65. The SMILES string of the molecule is CC(C)(C)C(=O)Nc1ccc(C(=O)NCCNS(=O)(=O)/C=C/c2ccccc2)cc1. The normalized spacial score (nSPS) is 12.0. The lowest BCUT2D eigenvalue weighted by molar-refractivity contribution is -0.123. The third-order valence-electron chi connectivity index (χ3n) is 4.04. The van der Waals surface area contributed by atoms with E-state index in [1.807, 2.05) is 39.0 Å². The van der Waals surface area contributed by atoms with Crippen LogP contribution in [0.4, 0.5) is 5.69 Å². The Morgan fingerprint density at radius 2 is 1.57 bits per heavy atom. The summed E-state index contributed by atoms with van der Waals surface area (Å²) in [5.74, 6) is -0.448. The molecule has 0 heterocycles. The molecule has 2 aromatic rings. The molecule has 0 saturated heterocycles. The molecular weight excluding hydrogens is 402 g/mol. The Labute approximate surface area is 177 Å². The van der Waals surface area contributed by atoms with Gasteiger partial charge in [0.25, 0.3) is 5.91 Å². The van der Waals surface area contributed by atoms with E-state index in [1.54, 1.807) is 36.4 Å². The maximum absolute atomic E-state index is 12.2. The van der Waals surface area contributed by atoms with Gasteiger partial charge in [-0.15, -0.1) is 0 Å². The Hall–Kier alpha value is -2.97. The standard InChI is InChI=1S/C22H27N3O4S/c1-22(2,3)21(27)25-19-11-9-18(10-12-19)20(26)23-14-15-24-30(28,29)16-13-17-7-5-4-6-8-17/h4-13,16,24H,14-15H2,1-3H3,(H,23,26)(H,25,27)/b16-13+. The van der Waals surface area contributed by atoms with Gasteiger partial charge in [0.1, 0.15) is 0 Å². The van der Waals surface area contributed by atoms with Crippen molar-refractivity contribution in [3.8, 4) is 0 Å². The van der Waals surface area contributed by atoms with Gasteiger partial charge in [-0.2, -0.15) is 0 Å². The first-order chi connectivity index (χ1) is 14.1. The lowest BCUT2D eigenvalue weighted by Crippen LogP contribution is -2.33. The minimum Gasteiger partial charge on any atom is -0.351 e. The molecule has 0 bridgehead atoms. The van der Waals surface area contributed by atoms with Crippen LogP contribution < -0.4 is 15.4 Å². The van der Waals surface area contributed by atoms with Crippen molar-refractivity contribution in [1.82, 2.24) is 10.0 Å². The van der Waals surface area contributed by atoms with Crippen LogP contribution in [0.3, 0.4) is 0 Å². The number of hydrogen-bond donors (Lipinski definition) is 3. The minimum atomic E-state index is -3.59. The van der Waals surface area contributed by atoms with Crippen LogP contribution in [0, 0.1) is 5.41 Å². The van der Waals surface area contributed by atoms with Crippen molar-refractivity contribution in [3.63, 3.8) is 0 Å². The minimum absolute atomic E-state index is 0.0624. The molecule has 0 saturated carbocycles. The Bertz CT molecular complexity index is 993. The van der Waals surface area contributed by atoms with Gasteiger partial charge in [0.2, 0.25) is 15.9 Å². The molecule has 0 spiro atoms. The summed E-state index contributed by atoms with van der Waals surface area (Å²) in [7, 11) is -3.59. The highest BCUT2D eigenvalue weighted by Gasteiger charge is 2.21. The molecule has 2 amide bonds. The number of carbonyl (C=O) groups is 2. The van der Waals surface area contributed by atoms with E-state index in [2.05, 4.69) is 15.4 Å². The van der Waals surface area contributed by atoms with Crippen molar-refractivity contribution in [2.24, 2.45) is 5.41 Å². The molecule has 2 aromatic carbocycles. The van der Waals surface area contributed by atoms with E-state index in [1.165, 1.54) is 6.08 Å². The number of carbonyl (C=O) groups excluding carboxylic acids is 2. The molecule has 0 atom stereocenters. The van der Waals surface area contributed by atoms with Gasteiger partial charge in [-0.05, 0) is 35.9 Å². The van der Waals surface area contributed by atoms with Gasteiger partial charge in [-0.3, -0.25) is 9.59 Å². The smallest absolute Gasteiger partial charge is 0.251 e. The van der Waals surface area contributed by atoms with Crippen molar-refractivity contribution in [1.29, 1.82) is 0 Å². The second-order valence-corrected chi connectivity index (χ2v) is 9.34. The van der Waals surface area contributed by atoms with Crippen LogP contribution in [-0.2, 0) is 14.8 Å². The fraction of sp³-hybridized carbons (Fsp3) is 0.273. The first kappa shape index (κ1) is 23.3. The van der Waals surface area contributed by atoms with Crippen LogP contribution >= 0.6 is 0 Å². The Morgan fingerprint density at radius 3 is 2.17 bits per heavy atom. The summed E-state index contributed by atoms with van der Waals surface area (Å²) in [5.41, 5.74) is 1.28. The average molecular weight is 430 g/mol. The van der Waals surface area contributed by atoms with Crippen LogP contribution in [0.25, 0.3) is 6.08 Å². The third-order valence-corrected chi connectivity index (χ3v) is 5.14. The lowest BCUT2D eigenvalue weighted by Gasteiger charge is -2.17. The molecule has 0 aliphatic heterocycles. The van der Waals surface area contributed by atoms with Crippen LogP contribution in [0.1, 0.15) is 36.7 Å². The van der Waals surface area contributed by atoms with Crippen LogP contribution in [-0.4, -0.2) is 33.3 Å². The Kier molecular flexibility index (Phi) is 7.91. The van der Waals surface area contributed by atoms with Gasteiger partial charge >= 0.3 is 0 Å². The average Bonchev–Trinajstić information content (AvgIpc) is 2.70. The summed E-state index contributed by atoms with van der Waals surface area (Å²) in [4.78, 5) is 24.2. The van der Waals surface area contributed by atoms with Crippen molar-refractivity contribution in [2.45, 2.75) is 20.8 Å². The summed E-state index contributed by atoms with van der Waals surface area (Å²) >= 11 is 0. The van der Waals surface area contributed by atoms with Crippen molar-refractivity contribution >= 4 is 33.6 Å². The molecule has 8 heteroatoms. The number of amides is 2. The predicted octanol–water partition coefficient (Wildman–Crippen LogP) is 2.99. The maximum atomic E-state index is 12.2. The second-order valence-electron chi connectivity index (χ2n) is 7.69. The zero-order chi connectivity index (χ0) is 22.2. The molecule has 160 valence electrons. The van der Waals surface area contributed by atoms with E-state index in [0.717, 1.165) is 11.0 Å². The van der Waals surface area contributed by atoms with Gasteiger partial charge < -0.3 is 10.6 Å². The molecule has 7 nitrogen and oxygen atoms in total. The topological polar surface area (TPSA) is 104 Å². The van der Waals surface area contributed by atoms with Crippen LogP contribution in [0.5, 0.6) is 0 Å². The molecule has 3 N–H and O–H groups in total. The molecule has 0 aliphatic rings. The number of rotatable bonds is 8. The predicted molar refractivity (Wildman–Crippen MR) is 119 cm³/mol. The zero-order valence-electron chi connectivity index (χ0n) is 17.3. The Morgan fingerprint density at radius 1 is 0.933 bits per heavy atom. The van der Waals surface area contributed by atoms with Gasteiger partial charge in [-0.25, -0.2) is 13.1 Å². The number of nitrogens with one attached hydrogen (secondary N) is 3. The fourth-order valence-electron chi connectivity index (χ4n) is 2.28. The van der Waals surface area contributed by atoms with E-state index in [-0.39, 0.29) is 24.9 Å². The zero-order valence-corrected chi connectivity index (χ0v) is 18.1. The number of anilines is 1. The first-order valence-electron chi connectivity index (χ1n) is 9.49. The van der Waals surface area contributed by atoms with Gasteiger partial charge in [-0.1, -0.05) is 51.1 Å². The van der Waals surface area contributed by atoms with Crippen LogP contribution in [0.15, 0.2) is 60.0 Å². The highest BCUT2D eigenvalue weighted by Crippen LogP contribution is 2.17. The quantitative estimate of drug-likeness (QED) is 0.561. The summed E-state index contributed by atoms with van der Waals surface area (Å²) in [6, 6.07) is 15.6. The number of hydrogen-bond acceptors (Lipinski definition) is 4. The number of sulfonamides is 1. The second kappa shape index (κ2) is 10.2. The van der Waals surface area contributed by atoms with E-state index >= 15 is 0 Å². The fourth-order valence-corrected chi connectivity index (χ4v) is 3.09. The molecule has 30 heavy (non-hydrogen) atoms. The molecular formula is C22H27N3O4S. The molecule has 2 rings (SSSR count). The van der Waals surface area contributed by atoms with Crippen molar-refractivity contribution in [3.05, 3.63) is 71.1 Å². The summed E-state index contributed by atoms with van der Waals surface area (Å²) in [5, 5.41) is 6.53. The third kappa shape index (κ3) is 7.81. The molecule has 0 aliphatic carbocycles. The van der Waals surface area contributed by atoms with E-state index < -0.39 is 15.4 Å². The van der Waals surface area contributed by atoms with E-state index in [9.17, 15) is 18.0 Å². The summed E-state index contributed by atoms with van der Waals surface area (Å²) in [6.07, 6.45) is 1.50. The van der Waals surface area contributed by atoms with Gasteiger partial charge in [0.05, 0.1) is 0 Å². The highest BCUT2D eigenvalue weighted by molar-refractivity contribution is 7.92. The first-order valence-corrected chi connectivity index (χ1v) is 11.0. The summed E-state index contributed by atoms with van der Waals surface area (Å²) < 4.78 is 26.3. The lowest BCUT2D eigenvalue weighted by atomic mass is 9.95. The van der Waals surface area contributed by atoms with Crippen LogP contribution in [0.2, 0.25) is 0 Å². The molecule has 0 radical (unpaired) electrons. The van der Waals surface area contributed by atoms with Gasteiger partial charge in [0.15, 0.2) is 0 Å². The van der Waals surface area contributed by atoms with Crippen molar-refractivity contribution < 1.29 is 18.0 Å². The van der Waals surface area contributed by atoms with E-state index in [4.69, 9.17) is 0 Å². The molecule has 0 unspecified atom stereocenters. The maximum Gasteiger partial charge on any atom is 0.251 e.